The molecular formula is C58H63BN2S. The summed E-state index contributed by atoms with van der Waals surface area (Å²) in [4.78, 5) is 5.34. The first-order valence-corrected chi connectivity index (χ1v) is 23.7. The second kappa shape index (κ2) is 13.7. The zero-order valence-electron chi connectivity index (χ0n) is 39.3. The molecule has 0 fully saturated rings. The van der Waals surface area contributed by atoms with Crippen LogP contribution < -0.4 is 25.5 Å². The molecule has 0 unspecified atom stereocenters. The second-order valence-corrected chi connectivity index (χ2v) is 24.0. The van der Waals surface area contributed by atoms with Crippen molar-refractivity contribution >= 4 is 78.0 Å². The van der Waals surface area contributed by atoms with Crippen LogP contribution in [0.4, 0.5) is 34.1 Å². The number of benzene rings is 6. The zero-order chi connectivity index (χ0) is 43.9. The largest absolute Gasteiger partial charge is 0.311 e. The van der Waals surface area contributed by atoms with Crippen LogP contribution in [0.25, 0.3) is 21.2 Å². The lowest BCUT2D eigenvalue weighted by Crippen LogP contribution is -2.61. The molecule has 1 aromatic heterocycles. The lowest BCUT2D eigenvalue weighted by Gasteiger charge is -2.47. The van der Waals surface area contributed by atoms with Crippen LogP contribution in [0.5, 0.6) is 0 Å². The van der Waals surface area contributed by atoms with E-state index in [1.165, 1.54) is 112 Å². The van der Waals surface area contributed by atoms with Gasteiger partial charge in [-0.05, 0) is 133 Å². The number of hydrogen-bond acceptors (Lipinski definition) is 3. The molecule has 2 aliphatic heterocycles. The highest BCUT2D eigenvalue weighted by Crippen LogP contribution is 2.53. The van der Waals surface area contributed by atoms with E-state index in [0.717, 1.165) is 0 Å². The van der Waals surface area contributed by atoms with Gasteiger partial charge in [0.25, 0.3) is 6.71 Å². The summed E-state index contributed by atoms with van der Waals surface area (Å²) in [5, 5.41) is 1.32. The molecule has 0 radical (unpaired) electrons. The molecule has 314 valence electrons. The van der Waals surface area contributed by atoms with Gasteiger partial charge in [0.2, 0.25) is 0 Å². The molecule has 4 heteroatoms. The predicted octanol–water partition coefficient (Wildman–Crippen LogP) is 14.9. The van der Waals surface area contributed by atoms with Crippen molar-refractivity contribution < 1.29 is 0 Å². The summed E-state index contributed by atoms with van der Waals surface area (Å²) in [6.07, 6.45) is 2.36. The Balaban J connectivity index is 1.37. The van der Waals surface area contributed by atoms with E-state index < -0.39 is 0 Å². The van der Waals surface area contributed by atoms with E-state index in [1.54, 1.807) is 0 Å². The Kier molecular flexibility index (Phi) is 9.07. The number of rotatable bonds is 3. The van der Waals surface area contributed by atoms with Crippen molar-refractivity contribution in [1.29, 1.82) is 0 Å². The Hall–Kier alpha value is -5.06. The Bertz CT molecular complexity index is 2910. The predicted molar refractivity (Wildman–Crippen MR) is 273 cm³/mol. The van der Waals surface area contributed by atoms with Crippen molar-refractivity contribution in [3.63, 3.8) is 0 Å². The third-order valence-electron chi connectivity index (χ3n) is 14.6. The molecule has 10 rings (SSSR count). The van der Waals surface area contributed by atoms with Crippen LogP contribution in [0.2, 0.25) is 0 Å². The van der Waals surface area contributed by atoms with Gasteiger partial charge in [0.15, 0.2) is 0 Å². The smallest absolute Gasteiger partial charge is 0.264 e. The van der Waals surface area contributed by atoms with Crippen molar-refractivity contribution in [3.8, 4) is 11.1 Å². The number of hydrogen-bond donors (Lipinski definition) is 0. The Morgan fingerprint density at radius 2 is 1.08 bits per heavy atom. The molecule has 6 aromatic carbocycles. The maximum Gasteiger partial charge on any atom is 0.264 e. The lowest BCUT2D eigenvalue weighted by molar-refractivity contribution is 0.332. The summed E-state index contributed by atoms with van der Waals surface area (Å²) in [5.41, 5.74) is 20.1. The second-order valence-electron chi connectivity index (χ2n) is 23.0. The third kappa shape index (κ3) is 6.41. The van der Waals surface area contributed by atoms with Crippen LogP contribution >= 0.6 is 11.3 Å². The van der Waals surface area contributed by atoms with Crippen molar-refractivity contribution in [2.75, 3.05) is 9.80 Å². The topological polar surface area (TPSA) is 6.48 Å². The summed E-state index contributed by atoms with van der Waals surface area (Å²) in [6.45, 7) is 31.1. The molecule has 2 nitrogen and oxygen atoms in total. The van der Waals surface area contributed by atoms with E-state index in [4.69, 9.17) is 0 Å². The summed E-state index contributed by atoms with van der Waals surface area (Å²) in [6, 6.07) is 47.5. The molecule has 7 aromatic rings. The maximum atomic E-state index is 2.69. The summed E-state index contributed by atoms with van der Waals surface area (Å²) in [7, 11) is 0. The third-order valence-corrected chi connectivity index (χ3v) is 15.8. The SMILES string of the molecule is CC(C)(C)c1ccc(N2c3cc4c(cc3B3c5sc6ccccc6c5N(c5ccc(C(C)(C)C)cc5-c5ccccc5)c5cc(C(C)(C)C)cc2c53)C(C)(C)CCC4(C)C)cc1. The molecule has 62 heavy (non-hydrogen) atoms. The summed E-state index contributed by atoms with van der Waals surface area (Å²) < 4.78 is 2.76. The minimum Gasteiger partial charge on any atom is -0.311 e. The van der Waals surface area contributed by atoms with Crippen molar-refractivity contribution in [1.82, 2.24) is 0 Å². The first-order chi connectivity index (χ1) is 29.1. The standard InChI is InChI=1S/C58H63BN2S/c1-54(2,3)37-23-26-40(27-24-37)60-47-35-44-43(57(10,11)29-30-58(44,12)13)34-45(47)59-51-48(60)32-39(56(7,8)9)33-49(51)61(52-41-21-17-18-22-50(41)62-53(52)59)46-28-25-38(55(4,5)6)31-42(46)36-19-15-14-16-20-36/h14-28,31-35H,29-30H2,1-13H3. The van der Waals surface area contributed by atoms with Gasteiger partial charge in [0.1, 0.15) is 0 Å². The highest BCUT2D eigenvalue weighted by atomic mass is 32.1. The fourth-order valence-electron chi connectivity index (χ4n) is 10.6. The molecule has 3 heterocycles. The minimum absolute atomic E-state index is 0.00512. The molecule has 0 spiro atoms. The molecule has 0 saturated carbocycles. The Morgan fingerprint density at radius 1 is 0.516 bits per heavy atom. The normalized spacial score (nSPS) is 16.5. The van der Waals surface area contributed by atoms with E-state index in [2.05, 4.69) is 221 Å². The van der Waals surface area contributed by atoms with Gasteiger partial charge in [0, 0.05) is 43.2 Å². The molecule has 3 aliphatic rings. The number of anilines is 6. The van der Waals surface area contributed by atoms with Gasteiger partial charge in [-0.15, -0.1) is 11.3 Å². The zero-order valence-corrected chi connectivity index (χ0v) is 40.2. The summed E-state index contributed by atoms with van der Waals surface area (Å²) in [5.74, 6) is 0. The number of thiophene rings is 1. The monoisotopic (exact) mass is 830 g/mol. The van der Waals surface area contributed by atoms with Crippen molar-refractivity contribution in [2.24, 2.45) is 0 Å². The Labute approximate surface area is 376 Å². The molecular weight excluding hydrogens is 768 g/mol. The average molecular weight is 831 g/mol. The molecule has 0 atom stereocenters. The fraction of sp³-hybridized carbons (Fsp3) is 0.345. The highest BCUT2D eigenvalue weighted by Gasteiger charge is 2.48. The van der Waals surface area contributed by atoms with E-state index in [9.17, 15) is 0 Å². The molecule has 0 amide bonds. The van der Waals surface area contributed by atoms with Crippen LogP contribution in [0.3, 0.4) is 0 Å². The minimum atomic E-state index is -0.105. The first-order valence-electron chi connectivity index (χ1n) is 22.9. The van der Waals surface area contributed by atoms with E-state index in [1.807, 2.05) is 11.3 Å². The highest BCUT2D eigenvalue weighted by molar-refractivity contribution is 7.33. The van der Waals surface area contributed by atoms with Gasteiger partial charge < -0.3 is 9.80 Å². The van der Waals surface area contributed by atoms with Gasteiger partial charge in [-0.3, -0.25) is 0 Å². The number of fused-ring (bicyclic) bond motifs is 7. The molecule has 1 aliphatic carbocycles. The number of nitrogens with zero attached hydrogens (tertiary/aromatic N) is 2. The Morgan fingerprint density at radius 3 is 1.71 bits per heavy atom. The van der Waals surface area contributed by atoms with Crippen LogP contribution in [0.15, 0.2) is 121 Å². The first kappa shape index (κ1) is 41.0. The molecule has 0 saturated heterocycles. The van der Waals surface area contributed by atoms with Crippen LogP contribution in [-0.2, 0) is 27.1 Å². The van der Waals surface area contributed by atoms with Crippen LogP contribution in [-0.4, -0.2) is 6.71 Å². The van der Waals surface area contributed by atoms with Gasteiger partial charge in [0.05, 0.1) is 11.4 Å². The lowest BCUT2D eigenvalue weighted by atomic mass is 9.35. The maximum absolute atomic E-state index is 2.69. The van der Waals surface area contributed by atoms with Crippen molar-refractivity contribution in [2.45, 2.75) is 130 Å². The van der Waals surface area contributed by atoms with E-state index in [0.29, 0.717) is 0 Å². The van der Waals surface area contributed by atoms with Gasteiger partial charge in [-0.2, -0.15) is 0 Å². The summed E-state index contributed by atoms with van der Waals surface area (Å²) >= 11 is 2.00. The molecule has 0 bridgehead atoms. The van der Waals surface area contributed by atoms with E-state index in [-0.39, 0.29) is 33.8 Å². The van der Waals surface area contributed by atoms with Gasteiger partial charge in [-0.25, -0.2) is 0 Å². The molecule has 0 N–H and O–H groups in total. The van der Waals surface area contributed by atoms with Crippen molar-refractivity contribution in [3.05, 3.63) is 149 Å². The van der Waals surface area contributed by atoms with Gasteiger partial charge in [-0.1, -0.05) is 163 Å². The van der Waals surface area contributed by atoms with Crippen LogP contribution in [0.1, 0.15) is 131 Å². The quantitative estimate of drug-likeness (QED) is 0.164. The van der Waals surface area contributed by atoms with Gasteiger partial charge >= 0.3 is 0 Å². The average Bonchev–Trinajstić information content (AvgIpc) is 3.60. The fourth-order valence-corrected chi connectivity index (χ4v) is 11.9. The van der Waals surface area contributed by atoms with Crippen LogP contribution in [0, 0.1) is 0 Å². The van der Waals surface area contributed by atoms with E-state index >= 15 is 0 Å².